The van der Waals surface area contributed by atoms with E-state index in [2.05, 4.69) is 5.10 Å². The minimum Gasteiger partial charge on any atom is -0.496 e. The van der Waals surface area contributed by atoms with E-state index in [0.29, 0.717) is 22.6 Å². The highest BCUT2D eigenvalue weighted by atomic mass is 19.4. The molecule has 0 radical (unpaired) electrons. The van der Waals surface area contributed by atoms with Crippen molar-refractivity contribution in [2.45, 2.75) is 20.0 Å². The first-order valence-corrected chi connectivity index (χ1v) is 7.39. The summed E-state index contributed by atoms with van der Waals surface area (Å²) in [5, 5.41) is 12.6. The molecule has 0 saturated carbocycles. The molecule has 6 nitrogen and oxygen atoms in total. The summed E-state index contributed by atoms with van der Waals surface area (Å²) in [6.07, 6.45) is -5.08. The topological polar surface area (TPSA) is 81.8 Å². The van der Waals surface area contributed by atoms with E-state index in [-0.39, 0.29) is 16.1 Å². The number of alkyl halides is 3. The second kappa shape index (κ2) is 5.69. The molecular weight excluding hydrogens is 347 g/mol. The Hall–Kier alpha value is -3.15. The summed E-state index contributed by atoms with van der Waals surface area (Å²) in [4.78, 5) is 0. The normalized spacial score (nSPS) is 14.0. The minimum atomic E-state index is -5.08. The predicted molar refractivity (Wildman–Crippen MR) is 90.2 cm³/mol. The van der Waals surface area contributed by atoms with Crippen LogP contribution >= 0.6 is 0 Å². The number of hydrogen-bond donors (Lipinski definition) is 1. The summed E-state index contributed by atoms with van der Waals surface area (Å²) in [6.45, 7) is 0.156. The third kappa shape index (κ3) is 2.29. The van der Waals surface area contributed by atoms with Gasteiger partial charge in [0.1, 0.15) is 23.2 Å². The van der Waals surface area contributed by atoms with Crippen molar-refractivity contribution >= 4 is 16.9 Å². The zero-order chi connectivity index (χ0) is 21.9. The molecule has 1 aromatic carbocycles. The molecule has 0 unspecified atom stereocenters. The van der Waals surface area contributed by atoms with Crippen molar-refractivity contribution in [3.8, 4) is 17.5 Å². The highest BCUT2D eigenvalue weighted by Gasteiger charge is 2.40. The van der Waals surface area contributed by atoms with Crippen LogP contribution in [0.15, 0.2) is 12.1 Å². The zero-order valence-corrected chi connectivity index (χ0v) is 14.1. The summed E-state index contributed by atoms with van der Waals surface area (Å²) in [7, 11) is 1.43. The fourth-order valence-corrected chi connectivity index (χ4v) is 3.13. The first-order chi connectivity index (χ1) is 13.3. The van der Waals surface area contributed by atoms with Gasteiger partial charge in [0.25, 0.3) is 0 Å². The van der Waals surface area contributed by atoms with Gasteiger partial charge in [0.2, 0.25) is 0 Å². The second-order valence-corrected chi connectivity index (χ2v) is 5.72. The number of methoxy groups -OCH3 is 1. The summed E-state index contributed by atoms with van der Waals surface area (Å²) in [6, 6.07) is 5.01. The average molecular weight is 366 g/mol. The standard InChI is InChI=1S/C17H16F3N5O/c1-8-5-6-11(26-4)9(2)13(8)25-15(22)10(7-21)12-14(17(18,19)20)24(3)23-16(12)25/h5-6H,22H2,1-4H3/i3D3. The van der Waals surface area contributed by atoms with Crippen molar-refractivity contribution in [2.75, 3.05) is 12.8 Å². The van der Waals surface area contributed by atoms with Crippen molar-refractivity contribution in [1.82, 2.24) is 14.3 Å². The Morgan fingerprint density at radius 3 is 2.58 bits per heavy atom. The number of fused-ring (bicyclic) bond motifs is 1. The molecule has 2 heterocycles. The number of benzene rings is 1. The van der Waals surface area contributed by atoms with Crippen molar-refractivity contribution in [1.29, 1.82) is 5.26 Å². The van der Waals surface area contributed by atoms with Gasteiger partial charge in [-0.2, -0.15) is 23.5 Å². The van der Waals surface area contributed by atoms with Gasteiger partial charge >= 0.3 is 6.18 Å². The van der Waals surface area contributed by atoms with Crippen molar-refractivity contribution < 1.29 is 22.0 Å². The molecule has 0 aliphatic rings. The molecule has 0 atom stereocenters. The summed E-state index contributed by atoms with van der Waals surface area (Å²) >= 11 is 0. The Labute approximate surface area is 151 Å². The maximum atomic E-state index is 13.8. The van der Waals surface area contributed by atoms with E-state index in [1.54, 1.807) is 32.0 Å². The van der Waals surface area contributed by atoms with Gasteiger partial charge in [-0.25, -0.2) is 0 Å². The predicted octanol–water partition coefficient (Wildman–Crippen LogP) is 3.46. The maximum absolute atomic E-state index is 13.8. The van der Waals surface area contributed by atoms with E-state index in [0.717, 1.165) is 0 Å². The molecule has 0 saturated heterocycles. The molecule has 0 bridgehead atoms. The van der Waals surface area contributed by atoms with Crippen molar-refractivity contribution in [3.63, 3.8) is 0 Å². The van der Waals surface area contributed by atoms with Crippen LogP contribution in [-0.4, -0.2) is 21.5 Å². The van der Waals surface area contributed by atoms with Crippen molar-refractivity contribution in [3.05, 3.63) is 34.5 Å². The number of nitriles is 1. The van der Waals surface area contributed by atoms with Gasteiger partial charge < -0.3 is 10.5 Å². The van der Waals surface area contributed by atoms with Crippen LogP contribution in [0.5, 0.6) is 5.75 Å². The number of anilines is 1. The number of rotatable bonds is 2. The molecule has 0 amide bonds. The van der Waals surface area contributed by atoms with Gasteiger partial charge in [-0.05, 0) is 25.5 Å². The van der Waals surface area contributed by atoms with E-state index in [4.69, 9.17) is 14.6 Å². The molecule has 2 N–H and O–H groups in total. The highest BCUT2D eigenvalue weighted by molar-refractivity contribution is 5.94. The zero-order valence-electron chi connectivity index (χ0n) is 17.1. The van der Waals surface area contributed by atoms with Crippen LogP contribution in [0.3, 0.4) is 0 Å². The van der Waals surface area contributed by atoms with Crippen molar-refractivity contribution in [2.24, 2.45) is 6.98 Å². The summed E-state index contributed by atoms with van der Waals surface area (Å²) in [5.41, 5.74) is 5.15. The van der Waals surface area contributed by atoms with E-state index in [9.17, 15) is 18.4 Å². The molecule has 2 aromatic heterocycles. The Morgan fingerprint density at radius 2 is 2.04 bits per heavy atom. The second-order valence-electron chi connectivity index (χ2n) is 5.72. The molecule has 0 aliphatic heterocycles. The van der Waals surface area contributed by atoms with Gasteiger partial charge in [0.15, 0.2) is 11.3 Å². The molecule has 0 fully saturated rings. The van der Waals surface area contributed by atoms with Gasteiger partial charge in [-0.15, -0.1) is 0 Å². The molecule has 136 valence electrons. The lowest BCUT2D eigenvalue weighted by molar-refractivity contribution is -0.142. The minimum absolute atomic E-state index is 0.0840. The number of halogens is 3. The van der Waals surface area contributed by atoms with E-state index < -0.39 is 29.8 Å². The number of aromatic nitrogens is 3. The quantitative estimate of drug-likeness (QED) is 0.753. The third-order valence-corrected chi connectivity index (χ3v) is 4.23. The fraction of sp³-hybridized carbons (Fsp3) is 0.294. The number of aryl methyl sites for hydroxylation is 2. The number of nitrogens with zero attached hydrogens (tertiary/aromatic N) is 4. The lowest BCUT2D eigenvalue weighted by Gasteiger charge is -2.16. The van der Waals surface area contributed by atoms with Crippen LogP contribution in [0.2, 0.25) is 0 Å². The average Bonchev–Trinajstić information content (AvgIpc) is 3.10. The largest absolute Gasteiger partial charge is 0.496 e. The summed E-state index contributed by atoms with van der Waals surface area (Å²) in [5.74, 6) is 0.171. The van der Waals surface area contributed by atoms with Crippen LogP contribution in [-0.2, 0) is 13.2 Å². The lowest BCUT2D eigenvalue weighted by atomic mass is 10.1. The van der Waals surface area contributed by atoms with Gasteiger partial charge in [-0.1, -0.05) is 6.07 Å². The number of nitrogens with two attached hydrogens (primary N) is 1. The Morgan fingerprint density at radius 1 is 1.35 bits per heavy atom. The van der Waals surface area contributed by atoms with Crippen LogP contribution in [0.1, 0.15) is 26.5 Å². The molecule has 0 spiro atoms. The van der Waals surface area contributed by atoms with Crippen LogP contribution in [0.4, 0.5) is 19.0 Å². The Balaban J connectivity index is 2.58. The number of hydrogen-bond acceptors (Lipinski definition) is 4. The first-order valence-electron chi connectivity index (χ1n) is 8.89. The van der Waals surface area contributed by atoms with E-state index in [1.807, 2.05) is 0 Å². The highest BCUT2D eigenvalue weighted by Crippen LogP contribution is 2.41. The molecule has 0 aliphatic carbocycles. The lowest BCUT2D eigenvalue weighted by Crippen LogP contribution is -2.13. The van der Waals surface area contributed by atoms with Crippen LogP contribution in [0, 0.1) is 25.2 Å². The SMILES string of the molecule is [2H]C([2H])([2H])n1nc2c(c(C#N)c(N)n2-c2c(C)ccc(OC)c2C)c1C(F)(F)F. The van der Waals surface area contributed by atoms with E-state index >= 15 is 0 Å². The molecule has 9 heteroatoms. The molecule has 3 aromatic rings. The number of ether oxygens (including phenoxy) is 1. The molecular formula is C17H16F3N5O. The fourth-order valence-electron chi connectivity index (χ4n) is 3.13. The monoisotopic (exact) mass is 366 g/mol. The Kier molecular flexibility index (Phi) is 3.08. The van der Waals surface area contributed by atoms with Gasteiger partial charge in [0, 0.05) is 16.7 Å². The molecule has 3 rings (SSSR count). The third-order valence-electron chi connectivity index (χ3n) is 4.23. The number of nitrogen functional groups attached to an aromatic ring is 1. The van der Waals surface area contributed by atoms with Crippen LogP contribution < -0.4 is 10.5 Å². The van der Waals surface area contributed by atoms with E-state index in [1.165, 1.54) is 11.7 Å². The molecule has 26 heavy (non-hydrogen) atoms. The maximum Gasteiger partial charge on any atom is 0.433 e. The smallest absolute Gasteiger partial charge is 0.433 e. The first kappa shape index (κ1) is 14.1. The van der Waals surface area contributed by atoms with Crippen LogP contribution in [0.25, 0.3) is 16.7 Å². The Bertz CT molecular complexity index is 1170. The van der Waals surface area contributed by atoms with Gasteiger partial charge in [0.05, 0.1) is 18.2 Å². The van der Waals surface area contributed by atoms with Gasteiger partial charge in [-0.3, -0.25) is 9.25 Å². The summed E-state index contributed by atoms with van der Waals surface area (Å²) < 4.78 is 70.1.